The highest BCUT2D eigenvalue weighted by Gasteiger charge is 2.39. The average Bonchev–Trinajstić information content (AvgIpc) is 2.56. The predicted octanol–water partition coefficient (Wildman–Crippen LogP) is 3.18. The third-order valence-electron chi connectivity index (χ3n) is 3.85. The van der Waals surface area contributed by atoms with Gasteiger partial charge in [-0.3, -0.25) is 4.79 Å². The van der Waals surface area contributed by atoms with E-state index in [1.54, 1.807) is 4.90 Å². The number of nitrogens with zero attached hydrogens (tertiary/aromatic N) is 1. The second kappa shape index (κ2) is 6.00. The molecule has 2 aromatic carbocycles. The van der Waals surface area contributed by atoms with E-state index in [2.05, 4.69) is 28.1 Å². The number of amides is 1. The fourth-order valence-corrected chi connectivity index (χ4v) is 3.04. The summed E-state index contributed by atoms with van der Waals surface area (Å²) in [6, 6.07) is 18.2. The van der Waals surface area contributed by atoms with E-state index in [0.717, 1.165) is 22.0 Å². The van der Waals surface area contributed by atoms with Crippen molar-refractivity contribution in [1.29, 1.82) is 0 Å². The lowest BCUT2D eigenvalue weighted by molar-refractivity contribution is -0.133. The van der Waals surface area contributed by atoms with Crippen molar-refractivity contribution in [3.8, 4) is 0 Å². The zero-order chi connectivity index (χ0) is 14.7. The summed E-state index contributed by atoms with van der Waals surface area (Å²) in [4.78, 5) is 13.0. The highest BCUT2D eigenvalue weighted by Crippen LogP contribution is 2.37. The van der Waals surface area contributed by atoms with Crippen molar-refractivity contribution in [2.24, 2.45) is 0 Å². The highest BCUT2D eigenvalue weighted by molar-refractivity contribution is 9.10. The van der Waals surface area contributed by atoms with Crippen LogP contribution in [-0.4, -0.2) is 31.0 Å². The molecule has 108 valence electrons. The maximum atomic E-state index is 11.2. The minimum atomic E-state index is -0.596. The summed E-state index contributed by atoms with van der Waals surface area (Å²) in [7, 11) is 0. The molecule has 1 amide bonds. The van der Waals surface area contributed by atoms with Gasteiger partial charge in [0.25, 0.3) is 0 Å². The fraction of sp³-hybridized carbons (Fsp3) is 0.235. The molecule has 1 unspecified atom stereocenters. The van der Waals surface area contributed by atoms with Gasteiger partial charge in [-0.2, -0.15) is 0 Å². The lowest BCUT2D eigenvalue weighted by Crippen LogP contribution is -2.50. The third-order valence-corrected chi connectivity index (χ3v) is 4.38. The standard InChI is InChI=1S/C17H16BrNO2/c18-16-8-6-15(7-9-16)17(14-4-2-1-3-5-14)12-19(13-20)10-11-21-17/h1-9,13H,10-12H2. The van der Waals surface area contributed by atoms with Crippen molar-refractivity contribution >= 4 is 22.3 Å². The number of carbonyl (C=O) groups is 1. The Labute approximate surface area is 132 Å². The number of ether oxygens (including phenoxy) is 1. The van der Waals surface area contributed by atoms with Crippen molar-refractivity contribution in [3.63, 3.8) is 0 Å². The summed E-state index contributed by atoms with van der Waals surface area (Å²) in [6.45, 7) is 1.69. The molecule has 3 rings (SSSR count). The van der Waals surface area contributed by atoms with Crippen LogP contribution in [0.5, 0.6) is 0 Å². The topological polar surface area (TPSA) is 29.5 Å². The normalized spacial score (nSPS) is 22.0. The van der Waals surface area contributed by atoms with Crippen LogP contribution < -0.4 is 0 Å². The molecule has 1 aliphatic rings. The molecule has 0 N–H and O–H groups in total. The second-order valence-electron chi connectivity index (χ2n) is 5.12. The molecule has 2 aromatic rings. The molecule has 1 atom stereocenters. The van der Waals surface area contributed by atoms with Crippen LogP contribution in [0.25, 0.3) is 0 Å². The Kier molecular flexibility index (Phi) is 4.08. The highest BCUT2D eigenvalue weighted by atomic mass is 79.9. The Morgan fingerprint density at radius 1 is 1.05 bits per heavy atom. The number of rotatable bonds is 3. The van der Waals surface area contributed by atoms with Gasteiger partial charge in [0.1, 0.15) is 5.60 Å². The first-order valence-corrected chi connectivity index (χ1v) is 7.69. The molecule has 1 saturated heterocycles. The number of halogens is 1. The molecule has 1 heterocycles. The van der Waals surface area contributed by atoms with Gasteiger partial charge in [0.15, 0.2) is 0 Å². The van der Waals surface area contributed by atoms with E-state index < -0.39 is 5.60 Å². The third kappa shape index (κ3) is 2.74. The van der Waals surface area contributed by atoms with Gasteiger partial charge in [-0.1, -0.05) is 58.4 Å². The first-order valence-electron chi connectivity index (χ1n) is 6.89. The molecule has 0 radical (unpaired) electrons. The molecule has 1 fully saturated rings. The summed E-state index contributed by atoms with van der Waals surface area (Å²) in [6.07, 6.45) is 0.902. The second-order valence-corrected chi connectivity index (χ2v) is 6.04. The number of hydrogen-bond acceptors (Lipinski definition) is 2. The number of hydrogen-bond donors (Lipinski definition) is 0. The molecule has 1 aliphatic heterocycles. The van der Waals surface area contributed by atoms with Crippen molar-refractivity contribution in [3.05, 3.63) is 70.2 Å². The van der Waals surface area contributed by atoms with E-state index in [-0.39, 0.29) is 0 Å². The van der Waals surface area contributed by atoms with Crippen LogP contribution in [0.15, 0.2) is 59.1 Å². The van der Waals surface area contributed by atoms with E-state index in [9.17, 15) is 4.79 Å². The van der Waals surface area contributed by atoms with Crippen LogP contribution >= 0.6 is 15.9 Å². The van der Waals surface area contributed by atoms with E-state index in [1.165, 1.54) is 0 Å². The summed E-state index contributed by atoms with van der Waals surface area (Å²) < 4.78 is 7.22. The minimum absolute atomic E-state index is 0.530. The Morgan fingerprint density at radius 3 is 2.38 bits per heavy atom. The maximum absolute atomic E-state index is 11.2. The summed E-state index contributed by atoms with van der Waals surface area (Å²) in [5.41, 5.74) is 1.53. The molecule has 0 aromatic heterocycles. The Hall–Kier alpha value is -1.65. The summed E-state index contributed by atoms with van der Waals surface area (Å²) in [5, 5.41) is 0. The zero-order valence-electron chi connectivity index (χ0n) is 11.5. The van der Waals surface area contributed by atoms with Crippen LogP contribution in [0.4, 0.5) is 0 Å². The summed E-state index contributed by atoms with van der Waals surface area (Å²) in [5.74, 6) is 0. The van der Waals surface area contributed by atoms with Crippen LogP contribution in [0.3, 0.4) is 0 Å². The van der Waals surface area contributed by atoms with Gasteiger partial charge in [-0.15, -0.1) is 0 Å². The van der Waals surface area contributed by atoms with Gasteiger partial charge in [-0.05, 0) is 23.3 Å². The monoisotopic (exact) mass is 345 g/mol. The molecule has 0 aliphatic carbocycles. The molecule has 4 heteroatoms. The van der Waals surface area contributed by atoms with Crippen molar-refractivity contribution < 1.29 is 9.53 Å². The van der Waals surface area contributed by atoms with Crippen LogP contribution in [0, 0.1) is 0 Å². The van der Waals surface area contributed by atoms with Gasteiger partial charge >= 0.3 is 0 Å². The van der Waals surface area contributed by atoms with E-state index in [4.69, 9.17) is 4.74 Å². The van der Waals surface area contributed by atoms with Crippen LogP contribution in [0.1, 0.15) is 11.1 Å². The Bertz CT molecular complexity index is 614. The lowest BCUT2D eigenvalue weighted by Gasteiger charge is -2.42. The van der Waals surface area contributed by atoms with E-state index >= 15 is 0 Å². The Balaban J connectivity index is 2.10. The van der Waals surface area contributed by atoms with Crippen molar-refractivity contribution in [2.45, 2.75) is 5.60 Å². The van der Waals surface area contributed by atoms with Gasteiger partial charge in [0, 0.05) is 11.0 Å². The molecule has 0 saturated carbocycles. The average molecular weight is 346 g/mol. The summed E-state index contributed by atoms with van der Waals surface area (Å²) >= 11 is 3.46. The van der Waals surface area contributed by atoms with E-state index in [1.807, 2.05) is 42.5 Å². The van der Waals surface area contributed by atoms with Crippen molar-refractivity contribution in [2.75, 3.05) is 19.7 Å². The molecular weight excluding hydrogens is 330 g/mol. The number of carbonyl (C=O) groups excluding carboxylic acids is 1. The predicted molar refractivity (Wildman–Crippen MR) is 85.0 cm³/mol. The van der Waals surface area contributed by atoms with Crippen LogP contribution in [-0.2, 0) is 15.1 Å². The SMILES string of the molecule is O=CN1CCOC(c2ccccc2)(c2ccc(Br)cc2)C1. The molecule has 21 heavy (non-hydrogen) atoms. The fourth-order valence-electron chi connectivity index (χ4n) is 2.78. The zero-order valence-corrected chi connectivity index (χ0v) is 13.1. The smallest absolute Gasteiger partial charge is 0.209 e. The Morgan fingerprint density at radius 2 is 1.71 bits per heavy atom. The first-order chi connectivity index (χ1) is 10.2. The molecule has 0 bridgehead atoms. The number of morpholine rings is 1. The van der Waals surface area contributed by atoms with E-state index in [0.29, 0.717) is 19.7 Å². The van der Waals surface area contributed by atoms with Gasteiger partial charge in [0.2, 0.25) is 6.41 Å². The minimum Gasteiger partial charge on any atom is -0.362 e. The molecular formula is C17H16BrNO2. The molecule has 3 nitrogen and oxygen atoms in total. The van der Waals surface area contributed by atoms with Crippen LogP contribution in [0.2, 0.25) is 0 Å². The van der Waals surface area contributed by atoms with Gasteiger partial charge in [0.05, 0.1) is 13.2 Å². The van der Waals surface area contributed by atoms with Gasteiger partial charge in [-0.25, -0.2) is 0 Å². The van der Waals surface area contributed by atoms with Gasteiger partial charge < -0.3 is 9.64 Å². The quantitative estimate of drug-likeness (QED) is 0.799. The first kappa shape index (κ1) is 14.3. The lowest BCUT2D eigenvalue weighted by atomic mass is 9.84. The van der Waals surface area contributed by atoms with Crippen molar-refractivity contribution in [1.82, 2.24) is 4.90 Å². The largest absolute Gasteiger partial charge is 0.362 e. The number of benzene rings is 2. The maximum Gasteiger partial charge on any atom is 0.209 e. The molecule has 0 spiro atoms.